The summed E-state index contributed by atoms with van der Waals surface area (Å²) in [6, 6.07) is 0. The highest BCUT2D eigenvalue weighted by molar-refractivity contribution is 6.31. The zero-order valence-electron chi connectivity index (χ0n) is 8.52. The third-order valence-corrected chi connectivity index (χ3v) is 2.24. The third kappa shape index (κ3) is 9.92. The van der Waals surface area contributed by atoms with Gasteiger partial charge in [-0.05, 0) is 24.3 Å². The van der Waals surface area contributed by atoms with Crippen LogP contribution in [0.4, 0.5) is 0 Å². The summed E-state index contributed by atoms with van der Waals surface area (Å²) in [7, 11) is 0.628. The zero-order valence-corrected chi connectivity index (χ0v) is 9.52. The van der Waals surface area contributed by atoms with Gasteiger partial charge in [0.25, 0.3) is 0 Å². The summed E-state index contributed by atoms with van der Waals surface area (Å²) < 4.78 is 5.54. The molecule has 12 heavy (non-hydrogen) atoms. The Labute approximate surface area is 79.1 Å². The van der Waals surface area contributed by atoms with E-state index in [1.54, 1.807) is 0 Å². The maximum absolute atomic E-state index is 5.54. The lowest BCUT2D eigenvalue weighted by molar-refractivity contribution is 0.310. The standard InChI is InChI=1S/C10H20OSi/c1-5-6-7-8-9-11-12-10(2,3)4/h5H,1,6-9H2,2-4H3. The van der Waals surface area contributed by atoms with Gasteiger partial charge in [0.1, 0.15) is 0 Å². The largest absolute Gasteiger partial charge is 0.417 e. The molecule has 1 nitrogen and oxygen atoms in total. The maximum Gasteiger partial charge on any atom is 0.235 e. The summed E-state index contributed by atoms with van der Waals surface area (Å²) in [5, 5.41) is 0.332. The Kier molecular flexibility index (Phi) is 6.39. The molecule has 0 fully saturated rings. The fourth-order valence-corrected chi connectivity index (χ4v) is 1.41. The van der Waals surface area contributed by atoms with Gasteiger partial charge in [0.15, 0.2) is 0 Å². The predicted octanol–water partition coefficient (Wildman–Crippen LogP) is 3.20. The second kappa shape index (κ2) is 6.43. The summed E-state index contributed by atoms with van der Waals surface area (Å²) in [4.78, 5) is 0. The highest BCUT2D eigenvalue weighted by Crippen LogP contribution is 2.19. The maximum atomic E-state index is 5.54. The Balaban J connectivity index is 3.06. The van der Waals surface area contributed by atoms with E-state index in [9.17, 15) is 0 Å². The number of hydrogen-bond acceptors (Lipinski definition) is 1. The molecule has 0 bridgehead atoms. The SMILES string of the molecule is C=CCCCCO[Si]C(C)(C)C. The molecule has 0 aliphatic rings. The highest BCUT2D eigenvalue weighted by Gasteiger charge is 2.12. The van der Waals surface area contributed by atoms with E-state index in [1.165, 1.54) is 6.42 Å². The van der Waals surface area contributed by atoms with Crippen LogP contribution in [0, 0.1) is 0 Å². The molecular weight excluding hydrogens is 164 g/mol. The first-order valence-electron chi connectivity index (χ1n) is 4.56. The molecular formula is C10H20OSi. The van der Waals surface area contributed by atoms with Gasteiger partial charge in [0.05, 0.1) is 0 Å². The van der Waals surface area contributed by atoms with Crippen molar-refractivity contribution in [1.82, 2.24) is 0 Å². The van der Waals surface area contributed by atoms with Crippen molar-refractivity contribution in [3.63, 3.8) is 0 Å². The van der Waals surface area contributed by atoms with E-state index >= 15 is 0 Å². The van der Waals surface area contributed by atoms with Crippen LogP contribution in [-0.4, -0.2) is 16.4 Å². The van der Waals surface area contributed by atoms with Gasteiger partial charge in [-0.3, -0.25) is 0 Å². The van der Waals surface area contributed by atoms with Crippen molar-refractivity contribution in [1.29, 1.82) is 0 Å². The van der Waals surface area contributed by atoms with Gasteiger partial charge >= 0.3 is 0 Å². The van der Waals surface area contributed by atoms with Gasteiger partial charge in [-0.1, -0.05) is 26.8 Å². The molecule has 0 amide bonds. The smallest absolute Gasteiger partial charge is 0.235 e. The minimum atomic E-state index is 0.332. The number of rotatable bonds is 6. The number of hydrogen-bond donors (Lipinski definition) is 0. The van der Waals surface area contributed by atoms with E-state index in [0.717, 1.165) is 19.4 Å². The van der Waals surface area contributed by atoms with Gasteiger partial charge in [0, 0.05) is 6.61 Å². The van der Waals surface area contributed by atoms with Crippen LogP contribution in [0.15, 0.2) is 12.7 Å². The second-order valence-electron chi connectivity index (χ2n) is 3.98. The van der Waals surface area contributed by atoms with E-state index in [-0.39, 0.29) is 0 Å². The Morgan fingerprint density at radius 3 is 2.50 bits per heavy atom. The number of allylic oxidation sites excluding steroid dienone is 1. The Morgan fingerprint density at radius 2 is 2.00 bits per heavy atom. The van der Waals surface area contributed by atoms with Crippen LogP contribution >= 0.6 is 0 Å². The molecule has 0 unspecified atom stereocenters. The van der Waals surface area contributed by atoms with Crippen molar-refractivity contribution in [3.8, 4) is 0 Å². The minimum Gasteiger partial charge on any atom is -0.417 e. The molecule has 0 aromatic carbocycles. The van der Waals surface area contributed by atoms with Crippen molar-refractivity contribution in [2.24, 2.45) is 0 Å². The summed E-state index contributed by atoms with van der Waals surface area (Å²) in [6.45, 7) is 11.2. The van der Waals surface area contributed by atoms with Crippen LogP contribution in [0.2, 0.25) is 5.04 Å². The monoisotopic (exact) mass is 184 g/mol. The lowest BCUT2D eigenvalue weighted by Gasteiger charge is -2.15. The molecule has 2 heteroatoms. The molecule has 0 atom stereocenters. The Bertz CT molecular complexity index is 115. The average molecular weight is 184 g/mol. The molecule has 70 valence electrons. The highest BCUT2D eigenvalue weighted by atomic mass is 28.2. The fraction of sp³-hybridized carbons (Fsp3) is 0.800. The molecule has 0 aromatic heterocycles. The average Bonchev–Trinajstić information content (AvgIpc) is 1.94. The Hall–Kier alpha value is -0.0831. The first kappa shape index (κ1) is 11.9. The van der Waals surface area contributed by atoms with E-state index in [0.29, 0.717) is 14.8 Å². The van der Waals surface area contributed by atoms with E-state index in [4.69, 9.17) is 4.43 Å². The molecule has 0 N–H and O–H groups in total. The van der Waals surface area contributed by atoms with E-state index in [2.05, 4.69) is 27.4 Å². The van der Waals surface area contributed by atoms with E-state index < -0.39 is 0 Å². The summed E-state index contributed by atoms with van der Waals surface area (Å²) in [5.41, 5.74) is 0. The molecule has 0 aromatic rings. The van der Waals surface area contributed by atoms with Crippen molar-refractivity contribution in [3.05, 3.63) is 12.7 Å². The van der Waals surface area contributed by atoms with Crippen LogP contribution in [0.25, 0.3) is 0 Å². The van der Waals surface area contributed by atoms with Gasteiger partial charge in [-0.25, -0.2) is 0 Å². The summed E-state index contributed by atoms with van der Waals surface area (Å²) >= 11 is 0. The Morgan fingerprint density at radius 1 is 1.33 bits per heavy atom. The first-order chi connectivity index (χ1) is 5.56. The molecule has 0 aliphatic carbocycles. The van der Waals surface area contributed by atoms with Crippen molar-refractivity contribution in [2.45, 2.75) is 45.1 Å². The fourth-order valence-electron chi connectivity index (χ4n) is 0.730. The summed E-state index contributed by atoms with van der Waals surface area (Å²) in [5.74, 6) is 0. The molecule has 0 heterocycles. The van der Waals surface area contributed by atoms with Gasteiger partial charge < -0.3 is 4.43 Å². The topological polar surface area (TPSA) is 9.23 Å². The molecule has 2 radical (unpaired) electrons. The van der Waals surface area contributed by atoms with Crippen LogP contribution in [0.3, 0.4) is 0 Å². The van der Waals surface area contributed by atoms with Crippen molar-refractivity contribution < 1.29 is 4.43 Å². The van der Waals surface area contributed by atoms with E-state index in [1.807, 2.05) is 6.08 Å². The molecule has 0 spiro atoms. The molecule has 0 saturated carbocycles. The lowest BCUT2D eigenvalue weighted by Crippen LogP contribution is -2.13. The van der Waals surface area contributed by atoms with Crippen molar-refractivity contribution >= 4 is 9.76 Å². The summed E-state index contributed by atoms with van der Waals surface area (Å²) in [6.07, 6.45) is 5.45. The first-order valence-corrected chi connectivity index (χ1v) is 5.47. The normalized spacial score (nSPS) is 11.6. The minimum absolute atomic E-state index is 0.332. The van der Waals surface area contributed by atoms with Crippen LogP contribution in [0.5, 0.6) is 0 Å². The second-order valence-corrected chi connectivity index (χ2v) is 5.98. The molecule has 0 saturated heterocycles. The predicted molar refractivity (Wildman–Crippen MR) is 55.5 cm³/mol. The molecule has 0 aliphatic heterocycles. The van der Waals surface area contributed by atoms with Gasteiger partial charge in [-0.2, -0.15) is 0 Å². The molecule has 0 rings (SSSR count). The van der Waals surface area contributed by atoms with Crippen LogP contribution in [-0.2, 0) is 4.43 Å². The zero-order chi connectivity index (χ0) is 9.45. The van der Waals surface area contributed by atoms with Crippen molar-refractivity contribution in [2.75, 3.05) is 6.61 Å². The lowest BCUT2D eigenvalue weighted by atomic mass is 10.2. The van der Waals surface area contributed by atoms with Gasteiger partial charge in [-0.15, -0.1) is 6.58 Å². The van der Waals surface area contributed by atoms with Gasteiger partial charge in [0.2, 0.25) is 9.76 Å². The quantitative estimate of drug-likeness (QED) is 0.350. The number of unbranched alkanes of at least 4 members (excludes halogenated alkanes) is 2. The van der Waals surface area contributed by atoms with Crippen LogP contribution in [0.1, 0.15) is 40.0 Å². The third-order valence-electron chi connectivity index (χ3n) is 1.28. The van der Waals surface area contributed by atoms with Crippen LogP contribution < -0.4 is 0 Å².